The normalized spacial score (nSPS) is 10.6. The summed E-state index contributed by atoms with van der Waals surface area (Å²) >= 11 is 1.40. The maximum Gasteiger partial charge on any atom is 0.274 e. The number of rotatable bonds is 5. The van der Waals surface area contributed by atoms with Gasteiger partial charge < -0.3 is 10.2 Å². The number of hydrogen-bond acceptors (Lipinski definition) is 5. The highest BCUT2D eigenvalue weighted by atomic mass is 32.2. The second-order valence-corrected chi connectivity index (χ2v) is 6.47. The molecule has 2 heterocycles. The van der Waals surface area contributed by atoms with Gasteiger partial charge in [0.05, 0.1) is 18.1 Å². The molecule has 2 aromatic heterocycles. The SMILES string of the molecule is CSc1ncc(C(=O)Nc2ccc(N(C)C)nc2)n1-c1ccc(F)cc1. The van der Waals surface area contributed by atoms with Crippen LogP contribution in [0, 0.1) is 5.82 Å². The monoisotopic (exact) mass is 371 g/mol. The molecule has 1 amide bonds. The first kappa shape index (κ1) is 17.9. The quantitative estimate of drug-likeness (QED) is 0.696. The van der Waals surface area contributed by atoms with E-state index in [0.717, 1.165) is 5.82 Å². The van der Waals surface area contributed by atoms with E-state index in [9.17, 15) is 9.18 Å². The standard InChI is InChI=1S/C18H18FN5OS/c1-23(2)16-9-6-13(10-20-16)22-17(25)15-11-21-18(26-3)24(15)14-7-4-12(19)5-8-14/h4-11H,1-3H3,(H,22,25). The number of pyridine rings is 1. The van der Waals surface area contributed by atoms with Crippen molar-refractivity contribution >= 4 is 29.2 Å². The van der Waals surface area contributed by atoms with E-state index in [2.05, 4.69) is 15.3 Å². The fourth-order valence-electron chi connectivity index (χ4n) is 2.40. The molecule has 0 saturated carbocycles. The molecule has 8 heteroatoms. The van der Waals surface area contributed by atoms with Gasteiger partial charge in [-0.1, -0.05) is 11.8 Å². The minimum Gasteiger partial charge on any atom is -0.363 e. The van der Waals surface area contributed by atoms with Gasteiger partial charge >= 0.3 is 0 Å². The van der Waals surface area contributed by atoms with Crippen LogP contribution in [0.1, 0.15) is 10.5 Å². The Hall–Kier alpha value is -2.87. The summed E-state index contributed by atoms with van der Waals surface area (Å²) in [5.41, 5.74) is 1.61. The van der Waals surface area contributed by atoms with Crippen LogP contribution in [0.25, 0.3) is 5.69 Å². The van der Waals surface area contributed by atoms with Crippen LogP contribution in [0.2, 0.25) is 0 Å². The summed E-state index contributed by atoms with van der Waals surface area (Å²) in [5.74, 6) is 0.142. The number of amides is 1. The molecule has 0 fully saturated rings. The summed E-state index contributed by atoms with van der Waals surface area (Å²) in [6.07, 6.45) is 4.97. The van der Waals surface area contributed by atoms with Gasteiger partial charge in [-0.25, -0.2) is 14.4 Å². The third kappa shape index (κ3) is 3.70. The van der Waals surface area contributed by atoms with Crippen LogP contribution >= 0.6 is 11.8 Å². The van der Waals surface area contributed by atoms with Crippen LogP contribution in [-0.4, -0.2) is 40.8 Å². The zero-order valence-electron chi connectivity index (χ0n) is 14.6. The molecule has 0 spiro atoms. The first-order chi connectivity index (χ1) is 12.5. The first-order valence-corrected chi connectivity index (χ1v) is 9.04. The summed E-state index contributed by atoms with van der Waals surface area (Å²) in [4.78, 5) is 23.2. The fourth-order valence-corrected chi connectivity index (χ4v) is 2.94. The van der Waals surface area contributed by atoms with Gasteiger partial charge in [0.1, 0.15) is 17.3 Å². The summed E-state index contributed by atoms with van der Waals surface area (Å²) in [7, 11) is 3.79. The number of carbonyl (C=O) groups excluding carboxylic acids is 1. The van der Waals surface area contributed by atoms with Crippen LogP contribution in [-0.2, 0) is 0 Å². The van der Waals surface area contributed by atoms with E-state index >= 15 is 0 Å². The third-order valence-electron chi connectivity index (χ3n) is 3.69. The highest BCUT2D eigenvalue weighted by Gasteiger charge is 2.18. The van der Waals surface area contributed by atoms with Crippen LogP contribution < -0.4 is 10.2 Å². The van der Waals surface area contributed by atoms with Crippen LogP contribution in [0.3, 0.4) is 0 Å². The smallest absolute Gasteiger partial charge is 0.274 e. The van der Waals surface area contributed by atoms with Crippen molar-refractivity contribution in [3.05, 3.63) is 60.3 Å². The van der Waals surface area contributed by atoms with Crippen molar-refractivity contribution < 1.29 is 9.18 Å². The van der Waals surface area contributed by atoms with E-state index in [1.807, 2.05) is 31.3 Å². The number of benzene rings is 1. The largest absolute Gasteiger partial charge is 0.363 e. The number of nitrogens with zero attached hydrogens (tertiary/aromatic N) is 4. The van der Waals surface area contributed by atoms with Gasteiger partial charge in [-0.3, -0.25) is 9.36 Å². The average molecular weight is 371 g/mol. The predicted octanol–water partition coefficient (Wildman–Crippen LogP) is 3.45. The van der Waals surface area contributed by atoms with Gasteiger partial charge in [-0.05, 0) is 42.7 Å². The number of carbonyl (C=O) groups is 1. The van der Waals surface area contributed by atoms with Gasteiger partial charge in [-0.2, -0.15) is 0 Å². The number of anilines is 2. The molecular formula is C18H18FN5OS. The zero-order valence-corrected chi connectivity index (χ0v) is 15.4. The van der Waals surface area contributed by atoms with E-state index in [-0.39, 0.29) is 11.7 Å². The molecule has 0 aliphatic carbocycles. The second kappa shape index (κ2) is 7.57. The molecule has 0 saturated heterocycles. The van der Waals surface area contributed by atoms with Crippen molar-refractivity contribution in [2.24, 2.45) is 0 Å². The minimum absolute atomic E-state index is 0.318. The van der Waals surface area contributed by atoms with Crippen molar-refractivity contribution in [1.82, 2.24) is 14.5 Å². The van der Waals surface area contributed by atoms with E-state index in [4.69, 9.17) is 0 Å². The number of hydrogen-bond donors (Lipinski definition) is 1. The Morgan fingerprint density at radius 2 is 1.85 bits per heavy atom. The van der Waals surface area contributed by atoms with E-state index < -0.39 is 0 Å². The van der Waals surface area contributed by atoms with Crippen molar-refractivity contribution in [2.45, 2.75) is 5.16 Å². The lowest BCUT2D eigenvalue weighted by atomic mass is 10.3. The molecule has 0 aliphatic rings. The van der Waals surface area contributed by atoms with E-state index in [1.54, 1.807) is 29.0 Å². The van der Waals surface area contributed by atoms with Gasteiger partial charge in [0.2, 0.25) is 0 Å². The molecular weight excluding hydrogens is 353 g/mol. The Morgan fingerprint density at radius 3 is 2.42 bits per heavy atom. The Bertz CT molecular complexity index is 906. The lowest BCUT2D eigenvalue weighted by molar-refractivity contribution is 0.102. The predicted molar refractivity (Wildman–Crippen MR) is 102 cm³/mol. The van der Waals surface area contributed by atoms with Crippen LogP contribution in [0.4, 0.5) is 15.9 Å². The maximum absolute atomic E-state index is 13.2. The molecule has 134 valence electrons. The number of nitrogens with one attached hydrogen (secondary N) is 1. The molecule has 3 rings (SSSR count). The third-order valence-corrected chi connectivity index (χ3v) is 4.35. The van der Waals surface area contributed by atoms with Crippen molar-refractivity contribution in [2.75, 3.05) is 30.6 Å². The molecule has 0 aliphatic heterocycles. The Kier molecular flexibility index (Phi) is 5.22. The highest BCUT2D eigenvalue weighted by molar-refractivity contribution is 7.98. The second-order valence-electron chi connectivity index (χ2n) is 5.70. The molecule has 0 atom stereocenters. The van der Waals surface area contributed by atoms with Crippen LogP contribution in [0.15, 0.2) is 53.9 Å². The summed E-state index contributed by atoms with van der Waals surface area (Å²) in [5, 5.41) is 3.46. The Balaban J connectivity index is 1.90. The van der Waals surface area contributed by atoms with Gasteiger partial charge in [0, 0.05) is 19.8 Å². The summed E-state index contributed by atoms with van der Waals surface area (Å²) in [6.45, 7) is 0. The van der Waals surface area contributed by atoms with Crippen LogP contribution in [0.5, 0.6) is 0 Å². The van der Waals surface area contributed by atoms with Crippen molar-refractivity contribution in [3.63, 3.8) is 0 Å². The van der Waals surface area contributed by atoms with Gasteiger partial charge in [0.15, 0.2) is 5.16 Å². The molecule has 0 unspecified atom stereocenters. The average Bonchev–Trinajstić information content (AvgIpc) is 3.07. The Labute approximate surface area is 155 Å². The minimum atomic E-state index is -0.336. The van der Waals surface area contributed by atoms with Crippen molar-refractivity contribution in [1.29, 1.82) is 0 Å². The summed E-state index contributed by atoms with van der Waals surface area (Å²) < 4.78 is 14.9. The summed E-state index contributed by atoms with van der Waals surface area (Å²) in [6, 6.07) is 9.53. The number of halogens is 1. The number of imidazole rings is 1. The van der Waals surface area contributed by atoms with Gasteiger partial charge in [0.25, 0.3) is 5.91 Å². The lowest BCUT2D eigenvalue weighted by Gasteiger charge is -2.13. The molecule has 6 nitrogen and oxygen atoms in total. The fraction of sp³-hybridized carbons (Fsp3) is 0.167. The molecule has 0 bridgehead atoms. The molecule has 1 N–H and O–H groups in total. The molecule has 1 aromatic carbocycles. The van der Waals surface area contributed by atoms with Gasteiger partial charge in [-0.15, -0.1) is 0 Å². The molecule has 3 aromatic rings. The first-order valence-electron chi connectivity index (χ1n) is 7.82. The highest BCUT2D eigenvalue weighted by Crippen LogP contribution is 2.23. The number of aromatic nitrogens is 3. The van der Waals surface area contributed by atoms with E-state index in [1.165, 1.54) is 30.1 Å². The van der Waals surface area contributed by atoms with Crippen molar-refractivity contribution in [3.8, 4) is 5.69 Å². The number of thioether (sulfide) groups is 1. The van der Waals surface area contributed by atoms with E-state index in [0.29, 0.717) is 22.2 Å². The molecule has 0 radical (unpaired) electrons. The molecule has 26 heavy (non-hydrogen) atoms. The zero-order chi connectivity index (χ0) is 18.7. The maximum atomic E-state index is 13.2. The Morgan fingerprint density at radius 1 is 1.12 bits per heavy atom. The topological polar surface area (TPSA) is 63.1 Å². The lowest BCUT2D eigenvalue weighted by Crippen LogP contribution is -2.17.